The van der Waals surface area contributed by atoms with Gasteiger partial charge in [-0.25, -0.2) is 4.79 Å². The van der Waals surface area contributed by atoms with E-state index in [0.29, 0.717) is 19.5 Å². The number of azide groups is 1. The van der Waals surface area contributed by atoms with Gasteiger partial charge in [-0.1, -0.05) is 5.11 Å². The van der Waals surface area contributed by atoms with Crippen molar-refractivity contribution in [3.8, 4) is 0 Å². The molecule has 1 aromatic rings. The second-order valence-electron chi connectivity index (χ2n) is 6.54. The number of likely N-dealkylation sites (tertiary alicyclic amines) is 1. The number of hydrogen-bond acceptors (Lipinski definition) is 4. The molecule has 0 N–H and O–H groups in total. The first-order valence-corrected chi connectivity index (χ1v) is 7.32. The lowest BCUT2D eigenvalue weighted by molar-refractivity contribution is 0.0209. The zero-order valence-electron chi connectivity index (χ0n) is 13.4. The van der Waals surface area contributed by atoms with E-state index in [4.69, 9.17) is 10.3 Å². The van der Waals surface area contributed by atoms with E-state index in [9.17, 15) is 4.79 Å². The Labute approximate surface area is 129 Å². The van der Waals surface area contributed by atoms with Crippen molar-refractivity contribution in [1.82, 2.24) is 14.7 Å². The summed E-state index contributed by atoms with van der Waals surface area (Å²) in [6.07, 6.45) is 1.97. The maximum absolute atomic E-state index is 12.4. The smallest absolute Gasteiger partial charge is 0.410 e. The summed E-state index contributed by atoms with van der Waals surface area (Å²) in [5.41, 5.74) is 9.10. The Morgan fingerprint density at radius 2 is 2.32 bits per heavy atom. The first-order valence-electron chi connectivity index (χ1n) is 7.32. The van der Waals surface area contributed by atoms with Gasteiger partial charge in [-0.2, -0.15) is 5.10 Å². The number of aryl methyl sites for hydroxylation is 1. The minimum absolute atomic E-state index is 0.0936. The average molecular weight is 306 g/mol. The topological polar surface area (TPSA) is 96.1 Å². The number of carbonyl (C=O) groups is 1. The van der Waals surface area contributed by atoms with Gasteiger partial charge in [0, 0.05) is 23.3 Å². The summed E-state index contributed by atoms with van der Waals surface area (Å²) in [5, 5.41) is 8.01. The van der Waals surface area contributed by atoms with Gasteiger partial charge in [0.1, 0.15) is 5.60 Å². The van der Waals surface area contributed by atoms with Crippen LogP contribution in [-0.4, -0.2) is 45.0 Å². The molecular formula is C14H22N6O2. The quantitative estimate of drug-likeness (QED) is 0.488. The summed E-state index contributed by atoms with van der Waals surface area (Å²) in [5.74, 6) is 0. The van der Waals surface area contributed by atoms with Gasteiger partial charge in [0.05, 0.1) is 18.6 Å². The van der Waals surface area contributed by atoms with Gasteiger partial charge < -0.3 is 9.64 Å². The Bertz CT molecular complexity index is 584. The maximum Gasteiger partial charge on any atom is 0.410 e. The third-order valence-corrected chi connectivity index (χ3v) is 3.55. The zero-order valence-corrected chi connectivity index (χ0v) is 13.4. The van der Waals surface area contributed by atoms with Gasteiger partial charge in [0.2, 0.25) is 0 Å². The molecule has 0 unspecified atom stereocenters. The van der Waals surface area contributed by atoms with Gasteiger partial charge in [-0.05, 0) is 45.7 Å². The minimum Gasteiger partial charge on any atom is -0.444 e. The fraction of sp³-hybridized carbons (Fsp3) is 0.714. The van der Waals surface area contributed by atoms with E-state index in [1.54, 1.807) is 11.1 Å². The molecule has 1 aliphatic heterocycles. The molecule has 0 aromatic carbocycles. The molecule has 2 atom stereocenters. The molecule has 2 heterocycles. The predicted molar refractivity (Wildman–Crippen MR) is 81.2 cm³/mol. The summed E-state index contributed by atoms with van der Waals surface area (Å²) < 4.78 is 7.30. The molecule has 120 valence electrons. The van der Waals surface area contributed by atoms with Gasteiger partial charge in [0.25, 0.3) is 0 Å². The van der Waals surface area contributed by atoms with Crippen LogP contribution < -0.4 is 0 Å². The van der Waals surface area contributed by atoms with E-state index >= 15 is 0 Å². The van der Waals surface area contributed by atoms with Crippen molar-refractivity contribution in [3.63, 3.8) is 0 Å². The second kappa shape index (κ2) is 6.27. The molecule has 0 radical (unpaired) electrons. The number of amides is 1. The molecule has 0 spiro atoms. The molecule has 1 aliphatic rings. The number of carbonyl (C=O) groups excluding carboxylic acids is 1. The van der Waals surface area contributed by atoms with Gasteiger partial charge in [0.15, 0.2) is 0 Å². The lowest BCUT2D eigenvalue weighted by Gasteiger charge is -2.28. The SMILES string of the molecule is Cc1ccnn1C[C@@H]1C[C@@H](N=[N+]=[N-])CN1C(=O)OC(C)(C)C. The Hall–Kier alpha value is -2.21. The van der Waals surface area contributed by atoms with E-state index in [0.717, 1.165) is 5.69 Å². The summed E-state index contributed by atoms with van der Waals surface area (Å²) in [4.78, 5) is 16.9. The molecule has 8 heteroatoms. The van der Waals surface area contributed by atoms with Crippen molar-refractivity contribution >= 4 is 6.09 Å². The highest BCUT2D eigenvalue weighted by atomic mass is 16.6. The maximum atomic E-state index is 12.4. The molecule has 0 aliphatic carbocycles. The Morgan fingerprint density at radius 3 is 2.86 bits per heavy atom. The summed E-state index contributed by atoms with van der Waals surface area (Å²) in [6.45, 7) is 8.40. The Kier molecular flexibility index (Phi) is 4.61. The zero-order chi connectivity index (χ0) is 16.3. The molecule has 22 heavy (non-hydrogen) atoms. The van der Waals surface area contributed by atoms with Crippen LogP contribution in [0.5, 0.6) is 0 Å². The lowest BCUT2D eigenvalue weighted by atomic mass is 10.2. The molecule has 0 bridgehead atoms. The average Bonchev–Trinajstić information content (AvgIpc) is 2.96. The van der Waals surface area contributed by atoms with E-state index in [2.05, 4.69) is 15.1 Å². The molecule has 0 saturated carbocycles. The number of nitrogens with zero attached hydrogens (tertiary/aromatic N) is 6. The van der Waals surface area contributed by atoms with Gasteiger partial charge in [-0.3, -0.25) is 4.68 Å². The Morgan fingerprint density at radius 1 is 1.59 bits per heavy atom. The lowest BCUT2D eigenvalue weighted by Crippen LogP contribution is -2.42. The van der Waals surface area contributed by atoms with Crippen molar-refractivity contribution in [2.75, 3.05) is 6.54 Å². The molecule has 1 aromatic heterocycles. The van der Waals surface area contributed by atoms with E-state index in [1.165, 1.54) is 0 Å². The number of hydrogen-bond donors (Lipinski definition) is 0. The van der Waals surface area contributed by atoms with Crippen molar-refractivity contribution in [3.05, 3.63) is 28.4 Å². The summed E-state index contributed by atoms with van der Waals surface area (Å²) in [6, 6.07) is 1.60. The van der Waals surface area contributed by atoms with Crippen molar-refractivity contribution in [1.29, 1.82) is 0 Å². The largest absolute Gasteiger partial charge is 0.444 e. The number of rotatable bonds is 3. The standard InChI is InChI=1S/C14H22N6O2/c1-10-5-6-16-20(10)9-12-7-11(17-18-15)8-19(12)13(21)22-14(2,3)4/h5-6,11-12H,7-9H2,1-4H3/t11-,12+/m1/s1. The fourth-order valence-corrected chi connectivity index (χ4v) is 2.56. The predicted octanol–water partition coefficient (Wildman–Crippen LogP) is 2.88. The van der Waals surface area contributed by atoms with E-state index in [1.807, 2.05) is 38.4 Å². The van der Waals surface area contributed by atoms with Gasteiger partial charge in [-0.15, -0.1) is 0 Å². The second-order valence-corrected chi connectivity index (χ2v) is 6.54. The normalized spacial score (nSPS) is 21.5. The first kappa shape index (κ1) is 16.2. The molecule has 1 amide bonds. The summed E-state index contributed by atoms with van der Waals surface area (Å²) in [7, 11) is 0. The summed E-state index contributed by atoms with van der Waals surface area (Å²) >= 11 is 0. The molecular weight excluding hydrogens is 284 g/mol. The number of ether oxygens (including phenoxy) is 1. The van der Waals surface area contributed by atoms with Gasteiger partial charge >= 0.3 is 6.09 Å². The molecule has 8 nitrogen and oxygen atoms in total. The van der Waals surface area contributed by atoms with Crippen LogP contribution in [0.2, 0.25) is 0 Å². The van der Waals surface area contributed by atoms with E-state index in [-0.39, 0.29) is 18.2 Å². The fourth-order valence-electron chi connectivity index (χ4n) is 2.56. The molecule has 1 fully saturated rings. The monoisotopic (exact) mass is 306 g/mol. The highest BCUT2D eigenvalue weighted by Crippen LogP contribution is 2.24. The third-order valence-electron chi connectivity index (χ3n) is 3.55. The van der Waals surface area contributed by atoms with Crippen LogP contribution in [0.4, 0.5) is 4.79 Å². The van der Waals surface area contributed by atoms with Crippen molar-refractivity contribution in [2.45, 2.75) is 58.3 Å². The minimum atomic E-state index is -0.556. The highest BCUT2D eigenvalue weighted by Gasteiger charge is 2.37. The van der Waals surface area contributed by atoms with Crippen LogP contribution in [-0.2, 0) is 11.3 Å². The third kappa shape index (κ3) is 3.92. The van der Waals surface area contributed by atoms with Crippen LogP contribution in [0.25, 0.3) is 10.4 Å². The van der Waals surface area contributed by atoms with Crippen LogP contribution in [0.1, 0.15) is 32.9 Å². The first-order chi connectivity index (χ1) is 10.3. The van der Waals surface area contributed by atoms with Crippen molar-refractivity contribution < 1.29 is 9.53 Å². The van der Waals surface area contributed by atoms with Crippen LogP contribution in [0.3, 0.4) is 0 Å². The van der Waals surface area contributed by atoms with Crippen LogP contribution >= 0.6 is 0 Å². The number of aromatic nitrogens is 2. The van der Waals surface area contributed by atoms with Crippen LogP contribution in [0, 0.1) is 6.92 Å². The Balaban J connectivity index is 2.14. The van der Waals surface area contributed by atoms with Crippen LogP contribution in [0.15, 0.2) is 17.4 Å². The van der Waals surface area contributed by atoms with E-state index < -0.39 is 5.60 Å². The molecule has 1 saturated heterocycles. The highest BCUT2D eigenvalue weighted by molar-refractivity contribution is 5.69. The van der Waals surface area contributed by atoms with Crippen molar-refractivity contribution in [2.24, 2.45) is 5.11 Å². The molecule has 2 rings (SSSR count).